The van der Waals surface area contributed by atoms with Crippen LogP contribution >= 0.6 is 11.6 Å². The summed E-state index contributed by atoms with van der Waals surface area (Å²) in [6.45, 7) is 3.63. The molecular formula is C14H22ClN3O2S. The van der Waals surface area contributed by atoms with Crippen LogP contribution < -0.4 is 4.72 Å². The zero-order valence-corrected chi connectivity index (χ0v) is 13.8. The summed E-state index contributed by atoms with van der Waals surface area (Å²) in [7, 11) is -1.82. The molecule has 0 spiro atoms. The molecule has 7 heteroatoms. The van der Waals surface area contributed by atoms with Crippen LogP contribution in [0.15, 0.2) is 24.3 Å². The third kappa shape index (κ3) is 4.66. The largest absolute Gasteiger partial charge is 0.301 e. The Balaban J connectivity index is 1.74. The van der Waals surface area contributed by atoms with E-state index in [0.29, 0.717) is 13.1 Å². The summed E-state index contributed by atoms with van der Waals surface area (Å²) >= 11 is 6.14. The van der Waals surface area contributed by atoms with Crippen molar-refractivity contribution in [3.8, 4) is 0 Å². The van der Waals surface area contributed by atoms with E-state index in [2.05, 4.69) is 15.7 Å². The van der Waals surface area contributed by atoms with Gasteiger partial charge in [-0.15, -0.1) is 0 Å². The second kappa shape index (κ2) is 7.56. The van der Waals surface area contributed by atoms with Gasteiger partial charge in [0.2, 0.25) is 0 Å². The van der Waals surface area contributed by atoms with E-state index in [4.69, 9.17) is 11.6 Å². The minimum absolute atomic E-state index is 0.551. The Morgan fingerprint density at radius 2 is 1.86 bits per heavy atom. The third-order valence-corrected chi connectivity index (χ3v) is 5.74. The topological polar surface area (TPSA) is 52.7 Å². The summed E-state index contributed by atoms with van der Waals surface area (Å²) in [5.41, 5.74) is 1.18. The van der Waals surface area contributed by atoms with Gasteiger partial charge in [0.25, 0.3) is 10.2 Å². The Bertz CT molecular complexity index is 557. The number of aryl methyl sites for hydroxylation is 1. The maximum Gasteiger partial charge on any atom is 0.279 e. The van der Waals surface area contributed by atoms with Crippen molar-refractivity contribution in [2.45, 2.75) is 12.8 Å². The first kappa shape index (κ1) is 16.7. The fourth-order valence-electron chi connectivity index (χ4n) is 2.52. The molecule has 0 aromatic heterocycles. The average molecular weight is 332 g/mol. The average Bonchev–Trinajstić information content (AvgIpc) is 2.50. The maximum absolute atomic E-state index is 11.7. The molecular weight excluding hydrogens is 310 g/mol. The van der Waals surface area contributed by atoms with Crippen LogP contribution in [0, 0.1) is 0 Å². The summed E-state index contributed by atoms with van der Waals surface area (Å²) in [4.78, 5) is 2.30. The second-order valence-electron chi connectivity index (χ2n) is 5.14. The number of benzene rings is 1. The predicted molar refractivity (Wildman–Crippen MR) is 85.8 cm³/mol. The van der Waals surface area contributed by atoms with Gasteiger partial charge in [0, 0.05) is 38.2 Å². The molecule has 5 nitrogen and oxygen atoms in total. The highest BCUT2D eigenvalue weighted by molar-refractivity contribution is 7.87. The molecule has 0 radical (unpaired) electrons. The molecule has 0 bridgehead atoms. The molecule has 1 fully saturated rings. The summed E-state index contributed by atoms with van der Waals surface area (Å²) < 4.78 is 27.2. The van der Waals surface area contributed by atoms with Crippen LogP contribution in [0.5, 0.6) is 0 Å². The number of nitrogens with one attached hydrogen (secondary N) is 1. The van der Waals surface area contributed by atoms with E-state index in [0.717, 1.165) is 37.5 Å². The van der Waals surface area contributed by atoms with Gasteiger partial charge in [-0.2, -0.15) is 12.7 Å². The molecule has 1 aromatic carbocycles. The van der Waals surface area contributed by atoms with Crippen LogP contribution in [0.1, 0.15) is 12.0 Å². The van der Waals surface area contributed by atoms with E-state index in [1.54, 1.807) is 0 Å². The van der Waals surface area contributed by atoms with Crippen molar-refractivity contribution < 1.29 is 8.42 Å². The van der Waals surface area contributed by atoms with Crippen molar-refractivity contribution in [3.63, 3.8) is 0 Å². The van der Waals surface area contributed by atoms with E-state index < -0.39 is 10.2 Å². The minimum atomic E-state index is -3.27. The fraction of sp³-hybridized carbons (Fsp3) is 0.571. The van der Waals surface area contributed by atoms with Crippen molar-refractivity contribution in [2.24, 2.45) is 0 Å². The third-order valence-electron chi connectivity index (χ3n) is 3.81. The van der Waals surface area contributed by atoms with Crippen LogP contribution in [0.2, 0.25) is 5.02 Å². The molecule has 0 unspecified atom stereocenters. The molecule has 0 atom stereocenters. The molecule has 0 saturated carbocycles. The molecule has 1 aliphatic heterocycles. The fourth-order valence-corrected chi connectivity index (χ4v) is 3.65. The first-order chi connectivity index (χ1) is 10.0. The molecule has 0 amide bonds. The number of hydrogen-bond acceptors (Lipinski definition) is 3. The Labute approximate surface area is 132 Å². The van der Waals surface area contributed by atoms with Crippen molar-refractivity contribution >= 4 is 21.8 Å². The Hall–Kier alpha value is -0.660. The normalized spacial score (nSPS) is 18.0. The van der Waals surface area contributed by atoms with Gasteiger partial charge in [0.1, 0.15) is 0 Å². The van der Waals surface area contributed by atoms with Crippen molar-refractivity contribution in [3.05, 3.63) is 34.9 Å². The molecule has 21 heavy (non-hydrogen) atoms. The highest BCUT2D eigenvalue weighted by Crippen LogP contribution is 2.17. The monoisotopic (exact) mass is 331 g/mol. The highest BCUT2D eigenvalue weighted by Gasteiger charge is 2.25. The molecule has 1 saturated heterocycles. The van der Waals surface area contributed by atoms with E-state index in [9.17, 15) is 8.42 Å². The van der Waals surface area contributed by atoms with Crippen molar-refractivity contribution in [1.82, 2.24) is 13.9 Å². The predicted octanol–water partition coefficient (Wildman–Crippen LogP) is 1.35. The Kier molecular flexibility index (Phi) is 6.01. The zero-order chi connectivity index (χ0) is 15.3. The Morgan fingerprint density at radius 1 is 1.19 bits per heavy atom. The van der Waals surface area contributed by atoms with E-state index in [-0.39, 0.29) is 0 Å². The number of hydrogen-bond donors (Lipinski definition) is 1. The van der Waals surface area contributed by atoms with Crippen LogP contribution in [-0.2, 0) is 16.6 Å². The molecule has 1 heterocycles. The smallest absolute Gasteiger partial charge is 0.279 e. The summed E-state index contributed by atoms with van der Waals surface area (Å²) in [5, 5.41) is 0.822. The van der Waals surface area contributed by atoms with E-state index in [1.165, 1.54) is 16.9 Å². The second-order valence-corrected chi connectivity index (χ2v) is 7.43. The van der Waals surface area contributed by atoms with Gasteiger partial charge < -0.3 is 4.90 Å². The van der Waals surface area contributed by atoms with Crippen LogP contribution in [-0.4, -0.2) is 57.4 Å². The molecule has 118 valence electrons. The van der Waals surface area contributed by atoms with E-state index >= 15 is 0 Å². The van der Waals surface area contributed by atoms with Gasteiger partial charge in [0.15, 0.2) is 0 Å². The molecule has 2 rings (SSSR count). The molecule has 0 aliphatic carbocycles. The number of nitrogens with zero attached hydrogens (tertiary/aromatic N) is 2. The van der Waals surface area contributed by atoms with Gasteiger partial charge in [-0.1, -0.05) is 29.8 Å². The first-order valence-corrected chi connectivity index (χ1v) is 8.99. The highest BCUT2D eigenvalue weighted by atomic mass is 35.5. The van der Waals surface area contributed by atoms with Gasteiger partial charge in [-0.25, -0.2) is 4.72 Å². The van der Waals surface area contributed by atoms with Gasteiger partial charge in [-0.05, 0) is 31.0 Å². The van der Waals surface area contributed by atoms with Crippen LogP contribution in [0.4, 0.5) is 0 Å². The molecule has 1 aliphatic rings. The van der Waals surface area contributed by atoms with Crippen LogP contribution in [0.25, 0.3) is 0 Å². The summed E-state index contributed by atoms with van der Waals surface area (Å²) in [5.74, 6) is 0. The first-order valence-electron chi connectivity index (χ1n) is 7.17. The Morgan fingerprint density at radius 3 is 2.48 bits per heavy atom. The lowest BCUT2D eigenvalue weighted by molar-refractivity contribution is 0.186. The number of halogens is 1. The molecule has 1 N–H and O–H groups in total. The van der Waals surface area contributed by atoms with Crippen molar-refractivity contribution in [2.75, 3.05) is 39.8 Å². The van der Waals surface area contributed by atoms with Gasteiger partial charge >= 0.3 is 0 Å². The van der Waals surface area contributed by atoms with Gasteiger partial charge in [0.05, 0.1) is 0 Å². The SMILES string of the molecule is CNS(=O)(=O)N1CCN(CCCc2ccccc2Cl)CC1. The number of piperazine rings is 1. The molecule has 1 aromatic rings. The number of rotatable bonds is 6. The van der Waals surface area contributed by atoms with Crippen LogP contribution in [0.3, 0.4) is 0 Å². The minimum Gasteiger partial charge on any atom is -0.301 e. The summed E-state index contributed by atoms with van der Waals surface area (Å²) in [6.07, 6.45) is 1.98. The van der Waals surface area contributed by atoms with E-state index in [1.807, 2.05) is 18.2 Å². The zero-order valence-electron chi connectivity index (χ0n) is 12.3. The lowest BCUT2D eigenvalue weighted by Gasteiger charge is -2.33. The quantitative estimate of drug-likeness (QED) is 0.856. The standard InChI is InChI=1S/C14H22ClN3O2S/c1-16-21(19,20)18-11-9-17(10-12-18)8-4-6-13-5-2-3-7-14(13)15/h2-3,5,7,16H,4,6,8-12H2,1H3. The maximum atomic E-state index is 11.7. The lowest BCUT2D eigenvalue weighted by atomic mass is 10.1. The van der Waals surface area contributed by atoms with Gasteiger partial charge in [-0.3, -0.25) is 0 Å². The van der Waals surface area contributed by atoms with Crippen molar-refractivity contribution in [1.29, 1.82) is 0 Å². The lowest BCUT2D eigenvalue weighted by Crippen LogP contribution is -2.51. The summed E-state index contributed by atoms with van der Waals surface area (Å²) in [6, 6.07) is 7.91.